The van der Waals surface area contributed by atoms with Gasteiger partial charge in [-0.3, -0.25) is 4.79 Å². The Morgan fingerprint density at radius 2 is 1.52 bits per heavy atom. The van der Waals surface area contributed by atoms with Gasteiger partial charge in [0.1, 0.15) is 34.8 Å². The number of aromatic nitrogens is 1. The van der Waals surface area contributed by atoms with E-state index in [-0.39, 0.29) is 28.3 Å². The smallest absolute Gasteiger partial charge is 0.268 e. The standard InChI is InChI=1S/C19H12N4O2/c20-9-14-17(15(10-21)19(25)23-18(14)22)12-7-5-11(6-8-12)13-3-1-2-4-16(13)24/h1-8,24H,(H3,22,23,25). The van der Waals surface area contributed by atoms with Gasteiger partial charge in [0.25, 0.3) is 5.56 Å². The van der Waals surface area contributed by atoms with Crippen molar-refractivity contribution in [1.29, 1.82) is 10.5 Å². The van der Waals surface area contributed by atoms with E-state index < -0.39 is 5.56 Å². The van der Waals surface area contributed by atoms with E-state index in [1.165, 1.54) is 0 Å². The van der Waals surface area contributed by atoms with Crippen LogP contribution in [0.25, 0.3) is 22.3 Å². The van der Waals surface area contributed by atoms with Crippen molar-refractivity contribution < 1.29 is 5.11 Å². The summed E-state index contributed by atoms with van der Waals surface area (Å²) in [6.45, 7) is 0. The van der Waals surface area contributed by atoms with Crippen LogP contribution in [0.5, 0.6) is 5.75 Å². The normalized spacial score (nSPS) is 10.0. The second-order valence-electron chi connectivity index (χ2n) is 5.31. The molecule has 0 aliphatic rings. The van der Waals surface area contributed by atoms with Crippen LogP contribution in [0.3, 0.4) is 0 Å². The molecule has 0 saturated heterocycles. The Hall–Kier alpha value is -4.03. The second-order valence-corrected chi connectivity index (χ2v) is 5.31. The van der Waals surface area contributed by atoms with Crippen LogP contribution in [0.1, 0.15) is 11.1 Å². The van der Waals surface area contributed by atoms with Gasteiger partial charge in [-0.15, -0.1) is 0 Å². The summed E-state index contributed by atoms with van der Waals surface area (Å²) in [6.07, 6.45) is 0. The zero-order valence-corrected chi connectivity index (χ0v) is 12.9. The van der Waals surface area contributed by atoms with Gasteiger partial charge in [0, 0.05) is 11.1 Å². The molecule has 0 unspecified atom stereocenters. The molecule has 0 atom stereocenters. The van der Waals surface area contributed by atoms with Crippen LogP contribution in [0.2, 0.25) is 0 Å². The number of H-pyrrole nitrogens is 1. The zero-order chi connectivity index (χ0) is 18.0. The summed E-state index contributed by atoms with van der Waals surface area (Å²) >= 11 is 0. The molecular formula is C19H12N4O2. The second kappa shape index (κ2) is 6.23. The van der Waals surface area contributed by atoms with Crippen molar-refractivity contribution >= 4 is 5.82 Å². The predicted octanol–water partition coefficient (Wildman–Crippen LogP) is 2.74. The lowest BCUT2D eigenvalue weighted by molar-refractivity contribution is 0.477. The molecule has 0 saturated carbocycles. The molecule has 0 aliphatic carbocycles. The lowest BCUT2D eigenvalue weighted by Gasteiger charge is -2.10. The summed E-state index contributed by atoms with van der Waals surface area (Å²) in [5, 5.41) is 28.6. The maximum Gasteiger partial charge on any atom is 0.268 e. The van der Waals surface area contributed by atoms with Crippen molar-refractivity contribution in [3.05, 3.63) is 70.0 Å². The van der Waals surface area contributed by atoms with Gasteiger partial charge in [-0.25, -0.2) is 0 Å². The Labute approximate surface area is 143 Å². The quantitative estimate of drug-likeness (QED) is 0.666. The van der Waals surface area contributed by atoms with Crippen LogP contribution in [-0.2, 0) is 0 Å². The SMILES string of the molecule is N#Cc1c(N)[nH]c(=O)c(C#N)c1-c1ccc(-c2ccccc2O)cc1. The minimum Gasteiger partial charge on any atom is -0.507 e. The number of nitrogens with one attached hydrogen (secondary N) is 1. The molecular weight excluding hydrogens is 316 g/mol. The van der Waals surface area contributed by atoms with Crippen molar-refractivity contribution in [2.24, 2.45) is 0 Å². The van der Waals surface area contributed by atoms with Gasteiger partial charge in [0.05, 0.1) is 0 Å². The number of phenolic OH excluding ortho intramolecular Hbond substituents is 1. The highest BCUT2D eigenvalue weighted by Gasteiger charge is 2.18. The molecule has 4 N–H and O–H groups in total. The number of nitrogens with two attached hydrogens (primary N) is 1. The third-order valence-electron chi connectivity index (χ3n) is 3.86. The number of aromatic hydroxyl groups is 1. The van der Waals surface area contributed by atoms with E-state index in [1.54, 1.807) is 42.5 Å². The fraction of sp³-hybridized carbons (Fsp3) is 0. The molecule has 1 aromatic heterocycles. The molecule has 0 fully saturated rings. The first-order valence-corrected chi connectivity index (χ1v) is 7.31. The first-order chi connectivity index (χ1) is 12.1. The van der Waals surface area contributed by atoms with Gasteiger partial charge in [-0.1, -0.05) is 42.5 Å². The van der Waals surface area contributed by atoms with E-state index in [9.17, 15) is 20.4 Å². The number of aromatic amines is 1. The lowest BCUT2D eigenvalue weighted by Crippen LogP contribution is -2.16. The minimum absolute atomic E-state index is 0.0476. The van der Waals surface area contributed by atoms with E-state index >= 15 is 0 Å². The van der Waals surface area contributed by atoms with Crippen molar-refractivity contribution in [3.63, 3.8) is 0 Å². The fourth-order valence-corrected chi connectivity index (χ4v) is 2.67. The van der Waals surface area contributed by atoms with Crippen molar-refractivity contribution in [2.45, 2.75) is 0 Å². The van der Waals surface area contributed by atoms with Gasteiger partial charge in [0.2, 0.25) is 0 Å². The van der Waals surface area contributed by atoms with Gasteiger partial charge in [-0.05, 0) is 17.2 Å². The molecule has 3 rings (SSSR count). The maximum absolute atomic E-state index is 12.0. The van der Waals surface area contributed by atoms with Crippen molar-refractivity contribution in [3.8, 4) is 40.1 Å². The largest absolute Gasteiger partial charge is 0.507 e. The summed E-state index contributed by atoms with van der Waals surface area (Å²) in [4.78, 5) is 14.3. The summed E-state index contributed by atoms with van der Waals surface area (Å²) in [7, 11) is 0. The number of nitrogen functional groups attached to an aromatic ring is 1. The number of nitrogens with zero attached hydrogens (tertiary/aromatic N) is 2. The molecule has 3 aromatic rings. The Bertz CT molecular complexity index is 1100. The number of rotatable bonds is 2. The van der Waals surface area contributed by atoms with Crippen LogP contribution in [0.15, 0.2) is 53.3 Å². The Morgan fingerprint density at radius 3 is 2.12 bits per heavy atom. The third kappa shape index (κ3) is 2.69. The van der Waals surface area contributed by atoms with Gasteiger partial charge < -0.3 is 15.8 Å². The number of pyridine rings is 1. The van der Waals surface area contributed by atoms with Crippen LogP contribution < -0.4 is 11.3 Å². The molecule has 120 valence electrons. The van der Waals surface area contributed by atoms with Crippen LogP contribution in [0.4, 0.5) is 5.82 Å². The molecule has 0 aliphatic heterocycles. The van der Waals surface area contributed by atoms with Gasteiger partial charge >= 0.3 is 0 Å². The molecule has 2 aromatic carbocycles. The molecule has 1 heterocycles. The van der Waals surface area contributed by atoms with Crippen molar-refractivity contribution in [1.82, 2.24) is 4.98 Å². The van der Waals surface area contributed by atoms with Gasteiger partial charge in [-0.2, -0.15) is 10.5 Å². The molecule has 0 spiro atoms. The minimum atomic E-state index is -0.640. The van der Waals surface area contributed by atoms with E-state index in [0.29, 0.717) is 11.1 Å². The third-order valence-corrected chi connectivity index (χ3v) is 3.86. The number of benzene rings is 2. The maximum atomic E-state index is 12.0. The number of hydrogen-bond donors (Lipinski definition) is 3. The highest BCUT2D eigenvalue weighted by molar-refractivity contribution is 5.82. The predicted molar refractivity (Wildman–Crippen MR) is 93.4 cm³/mol. The number of phenols is 1. The summed E-state index contributed by atoms with van der Waals surface area (Å²) in [6, 6.07) is 17.5. The highest BCUT2D eigenvalue weighted by atomic mass is 16.3. The number of para-hydroxylation sites is 1. The molecule has 25 heavy (non-hydrogen) atoms. The van der Waals surface area contributed by atoms with Crippen LogP contribution in [-0.4, -0.2) is 10.1 Å². The Balaban J connectivity index is 2.20. The highest BCUT2D eigenvalue weighted by Crippen LogP contribution is 2.32. The van der Waals surface area contributed by atoms with E-state index in [2.05, 4.69) is 4.98 Å². The lowest BCUT2D eigenvalue weighted by atomic mass is 9.94. The molecule has 0 radical (unpaired) electrons. The molecule has 6 heteroatoms. The molecule has 0 amide bonds. The zero-order valence-electron chi connectivity index (χ0n) is 12.9. The topological polar surface area (TPSA) is 127 Å². The van der Waals surface area contributed by atoms with E-state index in [1.807, 2.05) is 18.2 Å². The average Bonchev–Trinajstić information content (AvgIpc) is 2.62. The average molecular weight is 328 g/mol. The first kappa shape index (κ1) is 15.9. The number of anilines is 1. The summed E-state index contributed by atoms with van der Waals surface area (Å²) < 4.78 is 0. The van der Waals surface area contributed by atoms with Gasteiger partial charge in [0.15, 0.2) is 0 Å². The monoisotopic (exact) mass is 328 g/mol. The Morgan fingerprint density at radius 1 is 0.920 bits per heavy atom. The van der Waals surface area contributed by atoms with Crippen molar-refractivity contribution in [2.75, 3.05) is 5.73 Å². The molecule has 6 nitrogen and oxygen atoms in total. The molecule has 0 bridgehead atoms. The number of nitriles is 2. The van der Waals surface area contributed by atoms with E-state index in [4.69, 9.17) is 5.73 Å². The van der Waals surface area contributed by atoms with E-state index in [0.717, 1.165) is 5.56 Å². The van der Waals surface area contributed by atoms with Crippen LogP contribution >= 0.6 is 0 Å². The summed E-state index contributed by atoms with van der Waals surface area (Å²) in [5.41, 5.74) is 7.09. The number of hydrogen-bond acceptors (Lipinski definition) is 5. The first-order valence-electron chi connectivity index (χ1n) is 7.31. The van der Waals surface area contributed by atoms with Crippen LogP contribution in [0, 0.1) is 22.7 Å². The Kier molecular flexibility index (Phi) is 3.95. The fourth-order valence-electron chi connectivity index (χ4n) is 2.67. The summed E-state index contributed by atoms with van der Waals surface area (Å²) in [5.74, 6) is 0.0670.